The highest BCUT2D eigenvalue weighted by atomic mass is 35.5. The molecular formula is C5H2ClF3S2. The predicted molar refractivity (Wildman–Crippen MR) is 41.2 cm³/mol. The topological polar surface area (TPSA) is 0 Å². The second kappa shape index (κ2) is 3.25. The van der Waals surface area contributed by atoms with E-state index in [4.69, 9.17) is 11.6 Å². The standard InChI is InChI=1S/C5H2ClF3S2/c6-3-1-2-4(10-3)11-5(7,8)9/h1-2H. The largest absolute Gasteiger partial charge is 0.447 e. The highest BCUT2D eigenvalue weighted by molar-refractivity contribution is 8.02. The molecule has 0 fully saturated rings. The summed E-state index contributed by atoms with van der Waals surface area (Å²) in [5.41, 5.74) is -4.21. The van der Waals surface area contributed by atoms with E-state index in [0.717, 1.165) is 11.3 Å². The van der Waals surface area contributed by atoms with E-state index in [2.05, 4.69) is 0 Å². The molecule has 0 aliphatic rings. The fraction of sp³-hybridized carbons (Fsp3) is 0.200. The molecule has 11 heavy (non-hydrogen) atoms. The van der Waals surface area contributed by atoms with E-state index in [1.165, 1.54) is 12.1 Å². The Balaban J connectivity index is 2.65. The van der Waals surface area contributed by atoms with Crippen LogP contribution < -0.4 is 0 Å². The third-order valence-corrected chi connectivity index (χ3v) is 2.86. The van der Waals surface area contributed by atoms with Gasteiger partial charge in [0.05, 0.1) is 8.55 Å². The van der Waals surface area contributed by atoms with Gasteiger partial charge < -0.3 is 0 Å². The van der Waals surface area contributed by atoms with Gasteiger partial charge in [0.2, 0.25) is 0 Å². The van der Waals surface area contributed by atoms with E-state index in [1.807, 2.05) is 0 Å². The van der Waals surface area contributed by atoms with Gasteiger partial charge in [-0.15, -0.1) is 11.3 Å². The molecule has 0 bridgehead atoms. The monoisotopic (exact) mass is 218 g/mol. The molecule has 0 aliphatic heterocycles. The molecule has 1 aromatic rings. The van der Waals surface area contributed by atoms with Crippen molar-refractivity contribution in [3.8, 4) is 0 Å². The van der Waals surface area contributed by atoms with Gasteiger partial charge in [-0.3, -0.25) is 0 Å². The third-order valence-electron chi connectivity index (χ3n) is 0.765. The lowest BCUT2D eigenvalue weighted by Crippen LogP contribution is -1.97. The molecule has 1 heterocycles. The average Bonchev–Trinajstić information content (AvgIpc) is 2.10. The van der Waals surface area contributed by atoms with Crippen LogP contribution in [0.3, 0.4) is 0 Å². The molecule has 0 unspecified atom stereocenters. The van der Waals surface area contributed by atoms with E-state index in [9.17, 15) is 13.2 Å². The first kappa shape index (κ1) is 9.22. The minimum atomic E-state index is -4.21. The molecule has 0 radical (unpaired) electrons. The summed E-state index contributed by atoms with van der Waals surface area (Å²) < 4.78 is 35.6. The summed E-state index contributed by atoms with van der Waals surface area (Å²) in [4.78, 5) is 0. The van der Waals surface area contributed by atoms with Crippen molar-refractivity contribution in [2.24, 2.45) is 0 Å². The van der Waals surface area contributed by atoms with Gasteiger partial charge >= 0.3 is 5.51 Å². The van der Waals surface area contributed by atoms with Crippen LogP contribution >= 0.6 is 34.7 Å². The quantitative estimate of drug-likeness (QED) is 0.642. The summed E-state index contributed by atoms with van der Waals surface area (Å²) >= 11 is 6.21. The minimum Gasteiger partial charge on any atom is -0.160 e. The molecule has 1 rings (SSSR count). The number of hydrogen-bond acceptors (Lipinski definition) is 2. The van der Waals surface area contributed by atoms with Crippen LogP contribution in [0, 0.1) is 0 Å². The number of halogens is 4. The van der Waals surface area contributed by atoms with Gasteiger partial charge in [0.15, 0.2) is 0 Å². The van der Waals surface area contributed by atoms with Crippen LogP contribution in [-0.2, 0) is 0 Å². The SMILES string of the molecule is FC(F)(F)Sc1ccc(Cl)s1. The Morgan fingerprint density at radius 3 is 2.36 bits per heavy atom. The molecule has 0 atom stereocenters. The van der Waals surface area contributed by atoms with Crippen molar-refractivity contribution in [2.45, 2.75) is 9.72 Å². The van der Waals surface area contributed by atoms with Crippen molar-refractivity contribution in [3.63, 3.8) is 0 Å². The van der Waals surface area contributed by atoms with Crippen LogP contribution in [-0.4, -0.2) is 5.51 Å². The molecule has 0 spiro atoms. The fourth-order valence-corrected chi connectivity index (χ4v) is 2.46. The van der Waals surface area contributed by atoms with Gasteiger partial charge in [-0.05, 0) is 23.9 Å². The summed E-state index contributed by atoms with van der Waals surface area (Å²) in [5.74, 6) is 0. The van der Waals surface area contributed by atoms with Gasteiger partial charge in [-0.2, -0.15) is 13.2 Å². The molecule has 0 saturated carbocycles. The average molecular weight is 219 g/mol. The van der Waals surface area contributed by atoms with Crippen LogP contribution in [0.15, 0.2) is 16.3 Å². The Morgan fingerprint density at radius 1 is 1.36 bits per heavy atom. The maximum atomic E-state index is 11.7. The molecule has 0 nitrogen and oxygen atoms in total. The number of thioether (sulfide) groups is 1. The van der Waals surface area contributed by atoms with Gasteiger partial charge in [0.1, 0.15) is 0 Å². The highest BCUT2D eigenvalue weighted by Crippen LogP contribution is 2.41. The first-order valence-electron chi connectivity index (χ1n) is 2.48. The Bertz CT molecular complexity index is 242. The number of hydrogen-bond donors (Lipinski definition) is 0. The maximum Gasteiger partial charge on any atom is 0.447 e. The zero-order valence-corrected chi connectivity index (χ0v) is 7.37. The lowest BCUT2D eigenvalue weighted by Gasteiger charge is -2.00. The predicted octanol–water partition coefficient (Wildman–Crippen LogP) is 4.01. The molecule has 0 aliphatic carbocycles. The van der Waals surface area contributed by atoms with E-state index < -0.39 is 5.51 Å². The second-order valence-corrected chi connectivity index (χ2v) is 4.69. The van der Waals surface area contributed by atoms with Crippen molar-refractivity contribution < 1.29 is 13.2 Å². The van der Waals surface area contributed by atoms with E-state index in [0.29, 0.717) is 4.34 Å². The molecular weight excluding hydrogens is 217 g/mol. The molecule has 0 N–H and O–H groups in total. The van der Waals surface area contributed by atoms with E-state index in [-0.39, 0.29) is 16.0 Å². The smallest absolute Gasteiger partial charge is 0.160 e. The lowest BCUT2D eigenvalue weighted by atomic mass is 10.7. The normalized spacial score (nSPS) is 12.0. The Morgan fingerprint density at radius 2 is 2.00 bits per heavy atom. The molecule has 6 heteroatoms. The minimum absolute atomic E-state index is 0.144. The van der Waals surface area contributed by atoms with E-state index >= 15 is 0 Å². The molecule has 0 saturated heterocycles. The highest BCUT2D eigenvalue weighted by Gasteiger charge is 2.29. The van der Waals surface area contributed by atoms with Gasteiger partial charge in [0.25, 0.3) is 0 Å². The van der Waals surface area contributed by atoms with Crippen molar-refractivity contribution in [1.29, 1.82) is 0 Å². The number of alkyl halides is 3. The number of thiophene rings is 1. The maximum absolute atomic E-state index is 11.7. The Kier molecular flexibility index (Phi) is 2.72. The Hall–Kier alpha value is 0.130. The van der Waals surface area contributed by atoms with Crippen LogP contribution in [0.5, 0.6) is 0 Å². The van der Waals surface area contributed by atoms with Crippen LogP contribution in [0.4, 0.5) is 13.2 Å². The van der Waals surface area contributed by atoms with Crippen molar-refractivity contribution in [3.05, 3.63) is 16.5 Å². The Labute approximate surface area is 74.4 Å². The second-order valence-electron chi connectivity index (χ2n) is 1.61. The first-order chi connectivity index (χ1) is 4.97. The third kappa shape index (κ3) is 3.35. The molecule has 0 aromatic carbocycles. The zero-order valence-electron chi connectivity index (χ0n) is 4.98. The zero-order chi connectivity index (χ0) is 8.48. The van der Waals surface area contributed by atoms with Crippen molar-refractivity contribution in [1.82, 2.24) is 0 Å². The van der Waals surface area contributed by atoms with Gasteiger partial charge in [-0.1, -0.05) is 11.6 Å². The van der Waals surface area contributed by atoms with Gasteiger partial charge in [0, 0.05) is 0 Å². The van der Waals surface area contributed by atoms with E-state index in [1.54, 1.807) is 0 Å². The van der Waals surface area contributed by atoms with Crippen LogP contribution in [0.2, 0.25) is 4.34 Å². The summed E-state index contributed by atoms with van der Waals surface area (Å²) in [7, 11) is 0. The fourth-order valence-electron chi connectivity index (χ4n) is 0.467. The van der Waals surface area contributed by atoms with Crippen LogP contribution in [0.1, 0.15) is 0 Å². The molecule has 62 valence electrons. The van der Waals surface area contributed by atoms with Crippen molar-refractivity contribution >= 4 is 34.7 Å². The molecule has 0 amide bonds. The van der Waals surface area contributed by atoms with Crippen LogP contribution in [0.25, 0.3) is 0 Å². The van der Waals surface area contributed by atoms with Gasteiger partial charge in [-0.25, -0.2) is 0 Å². The summed E-state index contributed by atoms with van der Waals surface area (Å²) in [6, 6.07) is 2.80. The first-order valence-corrected chi connectivity index (χ1v) is 4.49. The lowest BCUT2D eigenvalue weighted by molar-refractivity contribution is -0.0326. The molecule has 1 aromatic heterocycles. The summed E-state index contributed by atoms with van der Waals surface area (Å²) in [5, 5.41) is 0. The summed E-state index contributed by atoms with van der Waals surface area (Å²) in [6.07, 6.45) is 0. The number of rotatable bonds is 1. The van der Waals surface area contributed by atoms with Crippen molar-refractivity contribution in [2.75, 3.05) is 0 Å². The summed E-state index contributed by atoms with van der Waals surface area (Å²) in [6.45, 7) is 0.